The molecular weight excluding hydrogens is 418 g/mol. The molecule has 150 valence electrons. The van der Waals surface area contributed by atoms with E-state index in [1.54, 1.807) is 18.2 Å². The summed E-state index contributed by atoms with van der Waals surface area (Å²) in [5.41, 5.74) is -0.485. The second-order valence-electron chi connectivity index (χ2n) is 7.72. The highest BCUT2D eigenvalue weighted by atomic mass is 35.5. The SMILES string of the molecule is O=C(O)C1(NS(=O)(=O)c2ccc(-c3ccc(Cl)cc3)s2)CC1C1CCCCC1. The van der Waals surface area contributed by atoms with Crippen LogP contribution >= 0.6 is 22.9 Å². The molecule has 28 heavy (non-hydrogen) atoms. The first-order valence-electron chi connectivity index (χ1n) is 9.45. The van der Waals surface area contributed by atoms with E-state index in [2.05, 4.69) is 4.72 Å². The molecule has 2 aliphatic rings. The molecule has 1 aromatic heterocycles. The largest absolute Gasteiger partial charge is 0.480 e. The van der Waals surface area contributed by atoms with Crippen molar-refractivity contribution >= 4 is 38.9 Å². The fourth-order valence-electron chi connectivity index (χ4n) is 4.32. The third-order valence-electron chi connectivity index (χ3n) is 5.91. The maximum Gasteiger partial charge on any atom is 0.325 e. The van der Waals surface area contributed by atoms with Crippen molar-refractivity contribution in [2.45, 2.75) is 48.3 Å². The number of thiophene rings is 1. The fraction of sp³-hybridized carbons (Fsp3) is 0.450. The van der Waals surface area contributed by atoms with E-state index in [9.17, 15) is 18.3 Å². The first kappa shape index (κ1) is 19.9. The topological polar surface area (TPSA) is 83.5 Å². The Morgan fingerprint density at radius 2 is 1.79 bits per heavy atom. The number of hydrogen-bond acceptors (Lipinski definition) is 4. The van der Waals surface area contributed by atoms with Crippen molar-refractivity contribution in [2.24, 2.45) is 11.8 Å². The third kappa shape index (κ3) is 3.73. The van der Waals surface area contributed by atoms with Crippen LogP contribution in [0, 0.1) is 11.8 Å². The van der Waals surface area contributed by atoms with Gasteiger partial charge in [-0.25, -0.2) is 8.42 Å². The van der Waals surface area contributed by atoms with E-state index < -0.39 is 21.5 Å². The number of carboxylic acids is 1. The number of aliphatic carboxylic acids is 1. The van der Waals surface area contributed by atoms with E-state index in [0.29, 0.717) is 17.4 Å². The minimum absolute atomic E-state index is 0.115. The second-order valence-corrected chi connectivity index (χ2v) is 11.1. The Morgan fingerprint density at radius 1 is 1.11 bits per heavy atom. The van der Waals surface area contributed by atoms with E-state index in [-0.39, 0.29) is 10.1 Å². The normalized spacial score (nSPS) is 25.5. The standard InChI is InChI=1S/C20H22ClNO4S2/c21-15-8-6-14(7-9-15)17-10-11-18(27-17)28(25,26)22-20(19(23)24)12-16(20)13-4-2-1-3-5-13/h6-11,13,16,22H,1-5,12H2,(H,23,24). The van der Waals surface area contributed by atoms with Crippen molar-refractivity contribution in [3.8, 4) is 10.4 Å². The van der Waals surface area contributed by atoms with Crippen LogP contribution in [0.5, 0.6) is 0 Å². The maximum atomic E-state index is 12.9. The van der Waals surface area contributed by atoms with Gasteiger partial charge >= 0.3 is 5.97 Å². The third-order valence-corrected chi connectivity index (χ3v) is 9.29. The Bertz CT molecular complexity index is 980. The number of carboxylic acid groups (broad SMARTS) is 1. The van der Waals surface area contributed by atoms with Gasteiger partial charge in [0.15, 0.2) is 0 Å². The molecule has 1 heterocycles. The minimum atomic E-state index is -3.91. The number of benzene rings is 1. The average molecular weight is 440 g/mol. The lowest BCUT2D eigenvalue weighted by atomic mass is 9.84. The summed E-state index contributed by atoms with van der Waals surface area (Å²) in [5.74, 6) is -0.891. The van der Waals surface area contributed by atoms with Gasteiger partial charge in [-0.05, 0) is 48.1 Å². The Hall–Kier alpha value is -1.41. The van der Waals surface area contributed by atoms with E-state index in [1.807, 2.05) is 12.1 Å². The highest BCUT2D eigenvalue weighted by Gasteiger charge is 2.64. The second kappa shape index (κ2) is 7.44. The molecule has 2 aliphatic carbocycles. The summed E-state index contributed by atoms with van der Waals surface area (Å²) in [6.45, 7) is 0. The van der Waals surface area contributed by atoms with Crippen molar-refractivity contribution in [1.82, 2.24) is 4.72 Å². The molecule has 2 saturated carbocycles. The van der Waals surface area contributed by atoms with Crippen LogP contribution < -0.4 is 4.72 Å². The molecule has 0 bridgehead atoms. The van der Waals surface area contributed by atoms with Crippen LogP contribution in [0.2, 0.25) is 5.02 Å². The molecule has 1 aromatic carbocycles. The Balaban J connectivity index is 1.55. The number of rotatable bonds is 6. The molecule has 0 amide bonds. The molecule has 4 rings (SSSR count). The van der Waals surface area contributed by atoms with Crippen molar-refractivity contribution in [2.75, 3.05) is 0 Å². The molecule has 0 saturated heterocycles. The summed E-state index contributed by atoms with van der Waals surface area (Å²) in [6.07, 6.45) is 5.72. The van der Waals surface area contributed by atoms with Gasteiger partial charge in [0.25, 0.3) is 10.0 Å². The number of sulfonamides is 1. The zero-order valence-corrected chi connectivity index (χ0v) is 17.6. The summed E-state index contributed by atoms with van der Waals surface area (Å²) >= 11 is 7.04. The molecule has 0 aliphatic heterocycles. The Morgan fingerprint density at radius 3 is 2.43 bits per heavy atom. The van der Waals surface area contributed by atoms with Gasteiger partial charge in [0.2, 0.25) is 0 Å². The lowest BCUT2D eigenvalue weighted by molar-refractivity contribution is -0.140. The number of carbonyl (C=O) groups is 1. The minimum Gasteiger partial charge on any atom is -0.480 e. The number of nitrogens with one attached hydrogen (secondary N) is 1. The highest BCUT2D eigenvalue weighted by molar-refractivity contribution is 7.91. The van der Waals surface area contributed by atoms with Crippen LogP contribution in [0.3, 0.4) is 0 Å². The summed E-state index contributed by atoms with van der Waals surface area (Å²) in [5, 5.41) is 10.4. The molecule has 0 spiro atoms. The van der Waals surface area contributed by atoms with Crippen molar-refractivity contribution in [3.63, 3.8) is 0 Å². The molecule has 2 fully saturated rings. The van der Waals surface area contributed by atoms with Gasteiger partial charge in [0.05, 0.1) is 0 Å². The summed E-state index contributed by atoms with van der Waals surface area (Å²) < 4.78 is 28.5. The predicted molar refractivity (Wildman–Crippen MR) is 110 cm³/mol. The number of halogens is 1. The smallest absolute Gasteiger partial charge is 0.325 e. The van der Waals surface area contributed by atoms with E-state index in [1.165, 1.54) is 12.5 Å². The summed E-state index contributed by atoms with van der Waals surface area (Å²) in [7, 11) is -3.91. The number of hydrogen-bond donors (Lipinski definition) is 2. The van der Waals surface area contributed by atoms with E-state index in [4.69, 9.17) is 11.6 Å². The molecular formula is C20H22ClNO4S2. The summed E-state index contributed by atoms with van der Waals surface area (Å²) in [4.78, 5) is 12.8. The quantitative estimate of drug-likeness (QED) is 0.679. The van der Waals surface area contributed by atoms with Gasteiger partial charge < -0.3 is 5.11 Å². The van der Waals surface area contributed by atoms with E-state index >= 15 is 0 Å². The van der Waals surface area contributed by atoms with Gasteiger partial charge in [0.1, 0.15) is 9.75 Å². The van der Waals surface area contributed by atoms with Crippen LogP contribution in [-0.2, 0) is 14.8 Å². The van der Waals surface area contributed by atoms with Crippen molar-refractivity contribution < 1.29 is 18.3 Å². The van der Waals surface area contributed by atoms with Gasteiger partial charge in [-0.1, -0.05) is 55.8 Å². The zero-order chi connectivity index (χ0) is 19.9. The van der Waals surface area contributed by atoms with Gasteiger partial charge in [-0.2, -0.15) is 4.72 Å². The summed E-state index contributed by atoms with van der Waals surface area (Å²) in [6, 6.07) is 10.4. The van der Waals surface area contributed by atoms with Gasteiger partial charge in [0, 0.05) is 9.90 Å². The van der Waals surface area contributed by atoms with Gasteiger partial charge in [-0.3, -0.25) is 4.79 Å². The van der Waals surface area contributed by atoms with E-state index in [0.717, 1.165) is 47.5 Å². The van der Waals surface area contributed by atoms with Crippen LogP contribution in [-0.4, -0.2) is 25.0 Å². The molecule has 2 N–H and O–H groups in total. The van der Waals surface area contributed by atoms with Crippen molar-refractivity contribution in [3.05, 3.63) is 41.4 Å². The van der Waals surface area contributed by atoms with Crippen LogP contribution in [0.4, 0.5) is 0 Å². The predicted octanol–water partition coefficient (Wildman–Crippen LogP) is 4.77. The monoisotopic (exact) mass is 439 g/mol. The molecule has 2 unspecified atom stereocenters. The fourth-order valence-corrected chi connectivity index (χ4v) is 7.18. The zero-order valence-electron chi connectivity index (χ0n) is 15.2. The van der Waals surface area contributed by atoms with Crippen molar-refractivity contribution in [1.29, 1.82) is 0 Å². The highest BCUT2D eigenvalue weighted by Crippen LogP contribution is 2.53. The van der Waals surface area contributed by atoms with Gasteiger partial charge in [-0.15, -0.1) is 11.3 Å². The average Bonchev–Trinajstić information content (AvgIpc) is 3.17. The lowest BCUT2D eigenvalue weighted by Gasteiger charge is -2.24. The molecule has 8 heteroatoms. The molecule has 2 aromatic rings. The lowest BCUT2D eigenvalue weighted by Crippen LogP contribution is -2.45. The Kier molecular flexibility index (Phi) is 5.29. The molecule has 2 atom stereocenters. The van der Waals surface area contributed by atoms with Crippen LogP contribution in [0.25, 0.3) is 10.4 Å². The molecule has 0 radical (unpaired) electrons. The van der Waals surface area contributed by atoms with Crippen LogP contribution in [0.1, 0.15) is 38.5 Å². The molecule has 5 nitrogen and oxygen atoms in total. The Labute approximate surface area is 173 Å². The first-order valence-corrected chi connectivity index (χ1v) is 12.1. The van der Waals surface area contributed by atoms with Crippen LogP contribution in [0.15, 0.2) is 40.6 Å². The maximum absolute atomic E-state index is 12.9. The first-order chi connectivity index (χ1) is 13.3.